The number of carbonyl (C=O) groups is 3. The molecule has 9 nitrogen and oxygen atoms in total. The van der Waals surface area contributed by atoms with E-state index < -0.39 is 11.9 Å². The Bertz CT molecular complexity index is 829. The number of nitrogens with zero attached hydrogens (tertiary/aromatic N) is 1. The molecule has 1 atom stereocenters. The second-order valence-electron chi connectivity index (χ2n) is 8.74. The minimum absolute atomic E-state index is 0.150. The maximum absolute atomic E-state index is 12.8. The van der Waals surface area contributed by atoms with Gasteiger partial charge in [0.2, 0.25) is 5.91 Å². The van der Waals surface area contributed by atoms with E-state index in [0.29, 0.717) is 28.9 Å². The number of carbonyl (C=O) groups excluding carboxylic acids is 3. The molecule has 0 aromatic heterocycles. The molecule has 0 saturated heterocycles. The maximum Gasteiger partial charge on any atom is 0.319 e. The van der Waals surface area contributed by atoms with E-state index in [1.807, 2.05) is 13.8 Å². The molecule has 33 heavy (non-hydrogen) atoms. The highest BCUT2D eigenvalue weighted by atomic mass is 35.5. The predicted octanol–water partition coefficient (Wildman–Crippen LogP) is 3.72. The molecular weight excluding hydrogens is 448 g/mol. The Morgan fingerprint density at radius 1 is 1.27 bits per heavy atom. The summed E-state index contributed by atoms with van der Waals surface area (Å²) in [4.78, 5) is 38.3. The molecule has 1 fully saturated rings. The average molecular weight is 483 g/mol. The van der Waals surface area contributed by atoms with Gasteiger partial charge in [0.05, 0.1) is 12.8 Å². The van der Waals surface area contributed by atoms with Crippen molar-refractivity contribution in [1.29, 1.82) is 0 Å². The van der Waals surface area contributed by atoms with Crippen LogP contribution in [0.15, 0.2) is 12.1 Å². The molecular formula is C23H35ClN4O5. The van der Waals surface area contributed by atoms with E-state index in [0.717, 1.165) is 24.8 Å². The number of nitrogens with one attached hydrogen (secondary N) is 3. The largest absolute Gasteiger partial charge is 0.495 e. The number of anilines is 1. The van der Waals surface area contributed by atoms with Crippen LogP contribution in [0, 0.1) is 18.8 Å². The third-order valence-corrected chi connectivity index (χ3v) is 6.36. The van der Waals surface area contributed by atoms with Gasteiger partial charge in [0.15, 0.2) is 0 Å². The molecule has 2 rings (SSSR count). The molecule has 1 aromatic rings. The summed E-state index contributed by atoms with van der Waals surface area (Å²) < 4.78 is 5.26. The highest BCUT2D eigenvalue weighted by Gasteiger charge is 2.22. The van der Waals surface area contributed by atoms with Crippen LogP contribution in [0.2, 0.25) is 5.02 Å². The monoisotopic (exact) mass is 482 g/mol. The molecule has 1 aromatic carbocycles. The highest BCUT2D eigenvalue weighted by Crippen LogP contribution is 2.31. The number of aryl methyl sites for hydroxylation is 1. The third kappa shape index (κ3) is 8.74. The van der Waals surface area contributed by atoms with Gasteiger partial charge in [-0.25, -0.2) is 10.3 Å². The van der Waals surface area contributed by atoms with Gasteiger partial charge in [-0.2, -0.15) is 0 Å². The molecule has 1 saturated carbocycles. The van der Waals surface area contributed by atoms with Crippen LogP contribution in [0.4, 0.5) is 10.5 Å². The van der Waals surface area contributed by atoms with E-state index >= 15 is 0 Å². The van der Waals surface area contributed by atoms with Gasteiger partial charge in [-0.3, -0.25) is 14.8 Å². The van der Waals surface area contributed by atoms with E-state index in [4.69, 9.17) is 21.5 Å². The Morgan fingerprint density at radius 3 is 2.61 bits per heavy atom. The summed E-state index contributed by atoms with van der Waals surface area (Å²) in [5, 5.41) is 14.9. The Hall–Kier alpha value is -2.52. The molecule has 10 heteroatoms. The fourth-order valence-electron chi connectivity index (χ4n) is 4.00. The first-order chi connectivity index (χ1) is 15.7. The molecule has 0 aliphatic heterocycles. The molecule has 0 spiro atoms. The zero-order chi connectivity index (χ0) is 24.4. The first-order valence-electron chi connectivity index (χ1n) is 11.3. The number of methoxy groups -OCH3 is 1. The van der Waals surface area contributed by atoms with Crippen LogP contribution in [0.3, 0.4) is 0 Å². The van der Waals surface area contributed by atoms with Crippen molar-refractivity contribution in [2.75, 3.05) is 32.1 Å². The van der Waals surface area contributed by atoms with Crippen LogP contribution in [0.25, 0.3) is 0 Å². The third-order valence-electron chi connectivity index (χ3n) is 5.96. The van der Waals surface area contributed by atoms with E-state index in [1.54, 1.807) is 17.6 Å². The SMILES string of the molecule is COc1cc(Cl)c(C)cc1NC(=O)NC[C@@H](C)CC(=O)N(CCC1CCCC1)CC(=O)NO. The highest BCUT2D eigenvalue weighted by molar-refractivity contribution is 6.31. The Labute approximate surface area is 200 Å². The van der Waals surface area contributed by atoms with Crippen LogP contribution in [0.5, 0.6) is 5.75 Å². The first kappa shape index (κ1) is 26.7. The van der Waals surface area contributed by atoms with Crippen LogP contribution < -0.4 is 20.9 Å². The van der Waals surface area contributed by atoms with Crippen molar-refractivity contribution >= 4 is 35.1 Å². The molecule has 0 unspecified atom stereocenters. The summed E-state index contributed by atoms with van der Waals surface area (Å²) in [5.74, 6) is 0.0783. The number of amides is 4. The van der Waals surface area contributed by atoms with Crippen LogP contribution >= 0.6 is 11.6 Å². The Balaban J connectivity index is 1.85. The topological polar surface area (TPSA) is 120 Å². The van der Waals surface area contributed by atoms with Gasteiger partial charge in [0, 0.05) is 30.6 Å². The second-order valence-corrected chi connectivity index (χ2v) is 9.14. The van der Waals surface area contributed by atoms with Crippen molar-refractivity contribution < 1.29 is 24.3 Å². The summed E-state index contributed by atoms with van der Waals surface area (Å²) in [5.41, 5.74) is 2.89. The lowest BCUT2D eigenvalue weighted by Crippen LogP contribution is -2.42. The number of ether oxygens (including phenoxy) is 1. The summed E-state index contributed by atoms with van der Waals surface area (Å²) in [7, 11) is 1.49. The number of urea groups is 1. The number of hydroxylamine groups is 1. The van der Waals surface area contributed by atoms with Gasteiger partial charge < -0.3 is 20.3 Å². The van der Waals surface area contributed by atoms with Crippen molar-refractivity contribution in [3.63, 3.8) is 0 Å². The lowest BCUT2D eigenvalue weighted by molar-refractivity contribution is -0.140. The average Bonchev–Trinajstić information content (AvgIpc) is 3.30. The van der Waals surface area contributed by atoms with E-state index in [2.05, 4.69) is 10.6 Å². The molecule has 0 bridgehead atoms. The fraction of sp³-hybridized carbons (Fsp3) is 0.609. The summed E-state index contributed by atoms with van der Waals surface area (Å²) in [6.45, 7) is 4.25. The number of halogens is 1. The van der Waals surface area contributed by atoms with Gasteiger partial charge >= 0.3 is 6.03 Å². The van der Waals surface area contributed by atoms with E-state index in [9.17, 15) is 14.4 Å². The molecule has 184 valence electrons. The molecule has 1 aliphatic rings. The van der Waals surface area contributed by atoms with Gasteiger partial charge in [-0.15, -0.1) is 0 Å². The van der Waals surface area contributed by atoms with E-state index in [1.165, 1.54) is 24.9 Å². The second kappa shape index (κ2) is 13.3. The summed E-state index contributed by atoms with van der Waals surface area (Å²) in [6.07, 6.45) is 5.75. The zero-order valence-electron chi connectivity index (χ0n) is 19.6. The molecule has 4 N–H and O–H groups in total. The van der Waals surface area contributed by atoms with Crippen molar-refractivity contribution in [1.82, 2.24) is 15.7 Å². The van der Waals surface area contributed by atoms with Crippen LogP contribution in [0.1, 0.15) is 51.0 Å². The minimum Gasteiger partial charge on any atom is -0.495 e. The normalized spacial score (nSPS) is 14.5. The first-order valence-corrected chi connectivity index (χ1v) is 11.7. The molecule has 0 radical (unpaired) electrons. The van der Waals surface area contributed by atoms with Crippen molar-refractivity contribution in [3.8, 4) is 5.75 Å². The predicted molar refractivity (Wildman–Crippen MR) is 127 cm³/mol. The Kier molecular flexibility index (Phi) is 10.7. The van der Waals surface area contributed by atoms with Crippen LogP contribution in [-0.4, -0.2) is 54.7 Å². The lowest BCUT2D eigenvalue weighted by atomic mass is 10.0. The standard InChI is InChI=1S/C23H35ClN4O5/c1-15(13-25-23(31)26-19-11-16(2)18(24)12-20(19)33-3)10-22(30)28(14-21(29)27-32)9-8-17-6-4-5-7-17/h11-12,15,17,32H,4-10,13-14H2,1-3H3,(H,27,29)(H2,25,26,31)/t15-/m0/s1. The number of benzene rings is 1. The molecule has 1 aliphatic carbocycles. The minimum atomic E-state index is -0.618. The van der Waals surface area contributed by atoms with Gasteiger partial charge in [0.25, 0.3) is 5.91 Å². The van der Waals surface area contributed by atoms with Crippen molar-refractivity contribution in [3.05, 3.63) is 22.7 Å². The van der Waals surface area contributed by atoms with Crippen molar-refractivity contribution in [2.24, 2.45) is 11.8 Å². The summed E-state index contributed by atoms with van der Waals surface area (Å²) >= 11 is 6.09. The lowest BCUT2D eigenvalue weighted by Gasteiger charge is -2.25. The van der Waals surface area contributed by atoms with Gasteiger partial charge in [0.1, 0.15) is 12.3 Å². The van der Waals surface area contributed by atoms with Crippen LogP contribution in [-0.2, 0) is 9.59 Å². The zero-order valence-corrected chi connectivity index (χ0v) is 20.3. The number of hydrogen-bond acceptors (Lipinski definition) is 5. The van der Waals surface area contributed by atoms with Crippen molar-refractivity contribution in [2.45, 2.75) is 52.4 Å². The van der Waals surface area contributed by atoms with E-state index in [-0.39, 0.29) is 31.3 Å². The fourth-order valence-corrected chi connectivity index (χ4v) is 4.15. The molecule has 0 heterocycles. The molecule has 4 amide bonds. The maximum atomic E-state index is 12.8. The number of rotatable bonds is 11. The smallest absolute Gasteiger partial charge is 0.319 e. The number of hydrogen-bond donors (Lipinski definition) is 4. The Morgan fingerprint density at radius 2 is 1.97 bits per heavy atom. The van der Waals surface area contributed by atoms with Gasteiger partial charge in [-0.05, 0) is 36.8 Å². The quantitative estimate of drug-likeness (QED) is 0.283. The summed E-state index contributed by atoms with van der Waals surface area (Å²) in [6, 6.07) is 2.94. The van der Waals surface area contributed by atoms with Gasteiger partial charge in [-0.1, -0.05) is 44.2 Å².